The van der Waals surface area contributed by atoms with Crippen LogP contribution in [-0.2, 0) is 4.79 Å². The smallest absolute Gasteiger partial charge is 0.207 e. The molecule has 0 rings (SSSR count). The minimum atomic E-state index is 0.615. The van der Waals surface area contributed by atoms with Gasteiger partial charge >= 0.3 is 0 Å². The lowest BCUT2D eigenvalue weighted by Gasteiger charge is -1.93. The highest BCUT2D eigenvalue weighted by Crippen LogP contribution is 2.02. The molecule has 0 aromatic carbocycles. The molecule has 1 amide bonds. The molecular formula is C12H21NO. The van der Waals surface area contributed by atoms with Crippen LogP contribution in [-0.4, -0.2) is 13.0 Å². The fourth-order valence-electron chi connectivity index (χ4n) is 1.13. The molecule has 80 valence electrons. The quantitative estimate of drug-likeness (QED) is 0.342. The zero-order valence-electron chi connectivity index (χ0n) is 9.04. The second-order valence-electron chi connectivity index (χ2n) is 3.23. The summed E-state index contributed by atoms with van der Waals surface area (Å²) in [7, 11) is 0. The number of hydrogen-bond acceptors (Lipinski definition) is 1. The van der Waals surface area contributed by atoms with Crippen molar-refractivity contribution in [1.82, 2.24) is 5.32 Å². The Kier molecular flexibility index (Phi) is 11.1. The van der Waals surface area contributed by atoms with Gasteiger partial charge in [0.1, 0.15) is 0 Å². The summed E-state index contributed by atoms with van der Waals surface area (Å²) in [5.41, 5.74) is 0. The van der Waals surface area contributed by atoms with Gasteiger partial charge in [0.05, 0.1) is 0 Å². The van der Waals surface area contributed by atoms with E-state index in [1.807, 2.05) is 18.2 Å². The summed E-state index contributed by atoms with van der Waals surface area (Å²) < 4.78 is 0. The van der Waals surface area contributed by atoms with Gasteiger partial charge in [-0.15, -0.1) is 0 Å². The van der Waals surface area contributed by atoms with Crippen LogP contribution in [0.5, 0.6) is 0 Å². The van der Waals surface area contributed by atoms with Crippen LogP contribution in [0, 0.1) is 0 Å². The van der Waals surface area contributed by atoms with Crippen molar-refractivity contribution in [3.63, 3.8) is 0 Å². The topological polar surface area (TPSA) is 29.1 Å². The van der Waals surface area contributed by atoms with Gasteiger partial charge in [0.15, 0.2) is 0 Å². The number of amides is 1. The monoisotopic (exact) mass is 195 g/mol. The number of rotatable bonds is 9. The highest BCUT2D eigenvalue weighted by Gasteiger charge is 1.82. The Morgan fingerprint density at radius 2 is 1.86 bits per heavy atom. The van der Waals surface area contributed by atoms with Gasteiger partial charge in [-0.3, -0.25) is 4.79 Å². The van der Waals surface area contributed by atoms with Gasteiger partial charge < -0.3 is 5.32 Å². The fourth-order valence-corrected chi connectivity index (χ4v) is 1.13. The van der Waals surface area contributed by atoms with E-state index in [1.54, 1.807) is 0 Å². The predicted octanol–water partition coefficient (Wildman–Crippen LogP) is 2.82. The first kappa shape index (κ1) is 12.9. The van der Waals surface area contributed by atoms with Gasteiger partial charge in [-0.1, -0.05) is 50.5 Å². The highest BCUT2D eigenvalue weighted by atomic mass is 16.1. The lowest BCUT2D eigenvalue weighted by Crippen LogP contribution is -2.08. The average molecular weight is 195 g/mol. The van der Waals surface area contributed by atoms with Gasteiger partial charge in [-0.25, -0.2) is 0 Å². The van der Waals surface area contributed by atoms with Crippen LogP contribution in [0.3, 0.4) is 0 Å². The van der Waals surface area contributed by atoms with Crippen LogP contribution < -0.4 is 5.32 Å². The molecule has 14 heavy (non-hydrogen) atoms. The molecule has 1 N–H and O–H groups in total. The van der Waals surface area contributed by atoms with Gasteiger partial charge in [-0.05, 0) is 12.8 Å². The molecular weight excluding hydrogens is 174 g/mol. The SMILES string of the molecule is CCCCCCC=CC=CCNC=O. The Morgan fingerprint density at radius 3 is 2.57 bits per heavy atom. The third-order valence-corrected chi connectivity index (χ3v) is 1.93. The minimum Gasteiger partial charge on any atom is -0.355 e. The largest absolute Gasteiger partial charge is 0.355 e. The van der Waals surface area contributed by atoms with E-state index < -0.39 is 0 Å². The van der Waals surface area contributed by atoms with Crippen molar-refractivity contribution < 1.29 is 4.79 Å². The summed E-state index contributed by atoms with van der Waals surface area (Å²) >= 11 is 0. The standard InChI is InChI=1S/C12H21NO/c1-2-3-4-5-6-7-8-9-10-11-13-12-14/h7-10,12H,2-6,11H2,1H3,(H,13,14). The second kappa shape index (κ2) is 11.9. The number of carbonyl (C=O) groups is 1. The molecule has 0 fully saturated rings. The zero-order valence-corrected chi connectivity index (χ0v) is 9.04. The number of carbonyl (C=O) groups excluding carboxylic acids is 1. The van der Waals surface area contributed by atoms with Crippen molar-refractivity contribution in [2.75, 3.05) is 6.54 Å². The van der Waals surface area contributed by atoms with E-state index in [4.69, 9.17) is 0 Å². The molecule has 0 aliphatic heterocycles. The maximum Gasteiger partial charge on any atom is 0.207 e. The minimum absolute atomic E-state index is 0.615. The molecule has 0 heterocycles. The maximum atomic E-state index is 9.88. The molecule has 0 aliphatic carbocycles. The third kappa shape index (κ3) is 11.0. The average Bonchev–Trinajstić information content (AvgIpc) is 2.21. The third-order valence-electron chi connectivity index (χ3n) is 1.93. The molecule has 0 aliphatic rings. The number of nitrogens with one attached hydrogen (secondary N) is 1. The summed E-state index contributed by atoms with van der Waals surface area (Å²) in [6.07, 6.45) is 15.2. The van der Waals surface area contributed by atoms with Crippen molar-refractivity contribution in [1.29, 1.82) is 0 Å². The molecule has 2 nitrogen and oxygen atoms in total. The predicted molar refractivity (Wildman–Crippen MR) is 61.1 cm³/mol. The molecule has 0 saturated heterocycles. The fraction of sp³-hybridized carbons (Fsp3) is 0.583. The first-order valence-corrected chi connectivity index (χ1v) is 5.40. The Labute approximate surface area is 87.1 Å². The Hall–Kier alpha value is -1.05. The van der Waals surface area contributed by atoms with Crippen molar-refractivity contribution in [2.24, 2.45) is 0 Å². The number of hydrogen-bond donors (Lipinski definition) is 1. The van der Waals surface area contributed by atoms with E-state index in [-0.39, 0.29) is 0 Å². The summed E-state index contributed by atoms with van der Waals surface area (Å²) in [6.45, 7) is 2.84. The summed E-state index contributed by atoms with van der Waals surface area (Å²) in [6, 6.07) is 0. The Balaban J connectivity index is 3.17. The molecule has 0 saturated carbocycles. The molecule has 0 bridgehead atoms. The maximum absolute atomic E-state index is 9.88. The molecule has 0 aromatic heterocycles. The summed E-state index contributed by atoms with van der Waals surface area (Å²) in [5.74, 6) is 0. The van der Waals surface area contributed by atoms with Crippen LogP contribution in [0.2, 0.25) is 0 Å². The Bertz CT molecular complexity index is 173. The van der Waals surface area contributed by atoms with E-state index in [0.717, 1.165) is 6.42 Å². The van der Waals surface area contributed by atoms with Crippen LogP contribution in [0.4, 0.5) is 0 Å². The van der Waals surface area contributed by atoms with E-state index in [2.05, 4.69) is 18.3 Å². The first-order chi connectivity index (χ1) is 6.91. The second-order valence-corrected chi connectivity index (χ2v) is 3.23. The van der Waals surface area contributed by atoms with Crippen LogP contribution in [0.25, 0.3) is 0 Å². The number of allylic oxidation sites excluding steroid dienone is 3. The van der Waals surface area contributed by atoms with Crippen molar-refractivity contribution in [2.45, 2.75) is 39.0 Å². The van der Waals surface area contributed by atoms with Gasteiger partial charge in [-0.2, -0.15) is 0 Å². The molecule has 0 unspecified atom stereocenters. The van der Waals surface area contributed by atoms with E-state index >= 15 is 0 Å². The van der Waals surface area contributed by atoms with E-state index in [0.29, 0.717) is 13.0 Å². The number of unbranched alkanes of at least 4 members (excludes halogenated alkanes) is 4. The molecule has 0 radical (unpaired) electrons. The van der Waals surface area contributed by atoms with Crippen LogP contribution in [0.1, 0.15) is 39.0 Å². The van der Waals surface area contributed by atoms with Gasteiger partial charge in [0.25, 0.3) is 0 Å². The molecule has 0 spiro atoms. The molecule has 0 aromatic rings. The van der Waals surface area contributed by atoms with Crippen molar-refractivity contribution >= 4 is 6.41 Å². The lowest BCUT2D eigenvalue weighted by atomic mass is 10.1. The zero-order chi connectivity index (χ0) is 10.5. The van der Waals surface area contributed by atoms with E-state index in [9.17, 15) is 4.79 Å². The summed E-state index contributed by atoms with van der Waals surface area (Å²) in [4.78, 5) is 9.88. The summed E-state index contributed by atoms with van der Waals surface area (Å²) in [5, 5.41) is 2.57. The van der Waals surface area contributed by atoms with Gasteiger partial charge in [0.2, 0.25) is 6.41 Å². The van der Waals surface area contributed by atoms with Gasteiger partial charge in [0, 0.05) is 6.54 Å². The van der Waals surface area contributed by atoms with Crippen LogP contribution >= 0.6 is 0 Å². The molecule has 2 heteroatoms. The lowest BCUT2D eigenvalue weighted by molar-refractivity contribution is -0.109. The van der Waals surface area contributed by atoms with Crippen molar-refractivity contribution in [3.05, 3.63) is 24.3 Å². The van der Waals surface area contributed by atoms with E-state index in [1.165, 1.54) is 25.7 Å². The highest BCUT2D eigenvalue weighted by molar-refractivity contribution is 5.46. The van der Waals surface area contributed by atoms with Crippen molar-refractivity contribution in [3.8, 4) is 0 Å². The van der Waals surface area contributed by atoms with Crippen LogP contribution in [0.15, 0.2) is 24.3 Å². The Morgan fingerprint density at radius 1 is 1.07 bits per heavy atom. The molecule has 0 atom stereocenters. The first-order valence-electron chi connectivity index (χ1n) is 5.40. The normalized spacial score (nSPS) is 11.2.